The van der Waals surface area contributed by atoms with E-state index in [1.54, 1.807) is 6.07 Å². The monoisotopic (exact) mass is 504 g/mol. The molecule has 2 aromatic heterocycles. The first-order chi connectivity index (χ1) is 18.5. The Morgan fingerprint density at radius 1 is 0.974 bits per heavy atom. The lowest BCUT2D eigenvalue weighted by atomic mass is 9.78. The maximum atomic E-state index is 11.6. The third-order valence-corrected chi connectivity index (χ3v) is 8.04. The first-order valence-corrected chi connectivity index (χ1v) is 12.6. The maximum Gasteiger partial charge on any atom is 0.224 e. The minimum atomic E-state index is -0.830. The first-order valence-electron chi connectivity index (χ1n) is 12.6. The van der Waals surface area contributed by atoms with E-state index in [-0.39, 0.29) is 11.8 Å². The third-order valence-electron chi connectivity index (χ3n) is 8.04. The Labute approximate surface area is 218 Å². The van der Waals surface area contributed by atoms with E-state index in [9.17, 15) is 15.5 Å². The Hall–Kier alpha value is -4.61. The van der Waals surface area contributed by atoms with Crippen LogP contribution in [0.1, 0.15) is 42.9 Å². The van der Waals surface area contributed by atoms with E-state index in [2.05, 4.69) is 16.0 Å². The molecule has 2 aliphatic rings. The van der Waals surface area contributed by atoms with Gasteiger partial charge in [-0.3, -0.25) is 0 Å². The Morgan fingerprint density at radius 3 is 2.58 bits per heavy atom. The number of ether oxygens (including phenoxy) is 2. The van der Waals surface area contributed by atoms with Crippen molar-refractivity contribution in [2.45, 2.75) is 37.4 Å². The molecule has 0 spiro atoms. The summed E-state index contributed by atoms with van der Waals surface area (Å²) in [6, 6.07) is 21.2. The van der Waals surface area contributed by atoms with Crippen LogP contribution in [0.4, 0.5) is 0 Å². The Bertz CT molecular complexity index is 1800. The summed E-state index contributed by atoms with van der Waals surface area (Å²) in [6.07, 6.45) is 3.29. The predicted molar refractivity (Wildman–Crippen MR) is 140 cm³/mol. The molecule has 8 nitrogen and oxygen atoms in total. The number of para-hydroxylation sites is 1. The van der Waals surface area contributed by atoms with Crippen LogP contribution in [0.15, 0.2) is 67.0 Å². The van der Waals surface area contributed by atoms with Crippen LogP contribution in [0.3, 0.4) is 0 Å². The SMILES string of the molecule is CC12CCC(CCOc3ncnc4ccccc34)(O1)c1c2c(O)n(-c2ccc3ccccc3c2C#N)c1O. The standard InChI is InChI=1S/C30H24N4O4/c1-29-12-13-30(38-29,14-15-37-26-20-8-4-5-9-22(20)32-17-33-26)25-24(29)27(35)34(28(25)36)23-11-10-18-6-2-3-7-19(18)21(23)16-31/h2-11,17,35-36H,12-15H2,1H3. The fourth-order valence-corrected chi connectivity index (χ4v) is 6.31. The average Bonchev–Trinajstić information content (AvgIpc) is 3.52. The number of nitriles is 1. The predicted octanol–water partition coefficient (Wildman–Crippen LogP) is 5.56. The van der Waals surface area contributed by atoms with Crippen molar-refractivity contribution in [2.24, 2.45) is 0 Å². The van der Waals surface area contributed by atoms with Gasteiger partial charge >= 0.3 is 0 Å². The second kappa shape index (κ2) is 7.94. The van der Waals surface area contributed by atoms with Gasteiger partial charge in [-0.25, -0.2) is 14.5 Å². The minimum Gasteiger partial charge on any atom is -0.494 e. The molecule has 2 bridgehead atoms. The Kier molecular flexibility index (Phi) is 4.72. The van der Waals surface area contributed by atoms with Gasteiger partial charge in [-0.15, -0.1) is 0 Å². The van der Waals surface area contributed by atoms with Gasteiger partial charge in [0.15, 0.2) is 0 Å². The summed E-state index contributed by atoms with van der Waals surface area (Å²) in [4.78, 5) is 8.60. The molecule has 1 saturated heterocycles. The number of nitrogens with zero attached hydrogens (tertiary/aromatic N) is 4. The third kappa shape index (κ3) is 2.99. The quantitative estimate of drug-likeness (QED) is 0.322. The van der Waals surface area contributed by atoms with E-state index < -0.39 is 11.2 Å². The highest BCUT2D eigenvalue weighted by atomic mass is 16.5. The molecule has 4 heterocycles. The van der Waals surface area contributed by atoms with Crippen molar-refractivity contribution in [1.82, 2.24) is 14.5 Å². The fraction of sp³-hybridized carbons (Fsp3) is 0.233. The van der Waals surface area contributed by atoms with E-state index in [4.69, 9.17) is 9.47 Å². The first kappa shape index (κ1) is 22.6. The molecule has 5 aromatic rings. The molecular formula is C30H24N4O4. The van der Waals surface area contributed by atoms with E-state index >= 15 is 0 Å². The number of aromatic nitrogens is 3. The molecule has 188 valence electrons. The number of hydrogen-bond acceptors (Lipinski definition) is 7. The molecule has 2 aliphatic heterocycles. The van der Waals surface area contributed by atoms with E-state index in [0.717, 1.165) is 21.7 Å². The average molecular weight is 505 g/mol. The molecule has 2 unspecified atom stereocenters. The van der Waals surface area contributed by atoms with E-state index in [0.29, 0.717) is 54.1 Å². The summed E-state index contributed by atoms with van der Waals surface area (Å²) < 4.78 is 14.0. The molecule has 38 heavy (non-hydrogen) atoms. The minimum absolute atomic E-state index is 0.101. The van der Waals surface area contributed by atoms with Gasteiger partial charge in [-0.2, -0.15) is 5.26 Å². The van der Waals surface area contributed by atoms with Crippen LogP contribution in [-0.2, 0) is 15.9 Å². The van der Waals surface area contributed by atoms with Crippen LogP contribution >= 0.6 is 0 Å². The zero-order valence-electron chi connectivity index (χ0n) is 20.7. The van der Waals surface area contributed by atoms with Crippen LogP contribution in [-0.4, -0.2) is 31.4 Å². The van der Waals surface area contributed by atoms with Crippen molar-refractivity contribution >= 4 is 21.7 Å². The van der Waals surface area contributed by atoms with Gasteiger partial charge in [0, 0.05) is 11.8 Å². The largest absolute Gasteiger partial charge is 0.494 e. The number of rotatable bonds is 5. The molecule has 7 rings (SSSR count). The zero-order valence-corrected chi connectivity index (χ0v) is 20.7. The van der Waals surface area contributed by atoms with Crippen molar-refractivity contribution < 1.29 is 19.7 Å². The van der Waals surface area contributed by atoms with Crippen molar-refractivity contribution in [1.29, 1.82) is 5.26 Å². The molecule has 1 fully saturated rings. The highest BCUT2D eigenvalue weighted by Gasteiger charge is 2.61. The van der Waals surface area contributed by atoms with Gasteiger partial charge < -0.3 is 19.7 Å². The van der Waals surface area contributed by atoms with Crippen molar-refractivity contribution in [3.63, 3.8) is 0 Å². The Morgan fingerprint density at radius 2 is 1.74 bits per heavy atom. The van der Waals surface area contributed by atoms with E-state index in [1.165, 1.54) is 10.9 Å². The van der Waals surface area contributed by atoms with Crippen LogP contribution < -0.4 is 4.74 Å². The fourth-order valence-electron chi connectivity index (χ4n) is 6.31. The molecule has 8 heteroatoms. The summed E-state index contributed by atoms with van der Waals surface area (Å²) in [6.45, 7) is 2.23. The maximum absolute atomic E-state index is 11.6. The molecule has 3 aromatic carbocycles. The number of aromatic hydroxyl groups is 2. The van der Waals surface area contributed by atoms with Gasteiger partial charge in [-0.1, -0.05) is 42.5 Å². The molecular weight excluding hydrogens is 480 g/mol. The second-order valence-corrected chi connectivity index (χ2v) is 10.1. The van der Waals surface area contributed by atoms with Crippen LogP contribution in [0, 0.1) is 11.3 Å². The lowest BCUT2D eigenvalue weighted by molar-refractivity contribution is -0.0877. The lowest BCUT2D eigenvalue weighted by Gasteiger charge is -2.26. The zero-order chi connectivity index (χ0) is 26.1. The van der Waals surface area contributed by atoms with Gasteiger partial charge in [0.2, 0.25) is 17.6 Å². The van der Waals surface area contributed by atoms with Crippen LogP contribution in [0.5, 0.6) is 17.6 Å². The van der Waals surface area contributed by atoms with Crippen molar-refractivity contribution in [2.75, 3.05) is 6.61 Å². The van der Waals surface area contributed by atoms with Crippen LogP contribution in [0.25, 0.3) is 27.4 Å². The van der Waals surface area contributed by atoms with Gasteiger partial charge in [0.05, 0.1) is 45.5 Å². The van der Waals surface area contributed by atoms with E-state index in [1.807, 2.05) is 61.5 Å². The topological polar surface area (TPSA) is 113 Å². The molecule has 2 N–H and O–H groups in total. The number of fused-ring (bicyclic) bond motifs is 7. The smallest absolute Gasteiger partial charge is 0.224 e. The summed E-state index contributed by atoms with van der Waals surface area (Å²) >= 11 is 0. The van der Waals surface area contributed by atoms with Gasteiger partial charge in [-0.05, 0) is 43.4 Å². The van der Waals surface area contributed by atoms with Gasteiger partial charge in [0.1, 0.15) is 18.0 Å². The molecule has 2 atom stereocenters. The molecule has 0 radical (unpaired) electrons. The highest BCUT2D eigenvalue weighted by molar-refractivity contribution is 5.91. The summed E-state index contributed by atoms with van der Waals surface area (Å²) in [7, 11) is 0. The Balaban J connectivity index is 1.29. The van der Waals surface area contributed by atoms with Crippen molar-refractivity contribution in [3.8, 4) is 29.4 Å². The van der Waals surface area contributed by atoms with Gasteiger partial charge in [0.25, 0.3) is 0 Å². The summed E-state index contributed by atoms with van der Waals surface area (Å²) in [5.74, 6) is 0.279. The molecule has 0 aliphatic carbocycles. The second-order valence-electron chi connectivity index (χ2n) is 10.1. The number of benzene rings is 3. The highest BCUT2D eigenvalue weighted by Crippen LogP contribution is 2.65. The van der Waals surface area contributed by atoms with Crippen LogP contribution in [0.2, 0.25) is 0 Å². The lowest BCUT2D eigenvalue weighted by Crippen LogP contribution is -2.25. The molecule has 0 saturated carbocycles. The summed E-state index contributed by atoms with van der Waals surface area (Å²) in [5, 5.41) is 35.6. The number of hydrogen-bond donors (Lipinski definition) is 2. The summed E-state index contributed by atoms with van der Waals surface area (Å²) in [5.41, 5.74) is 1.16. The van der Waals surface area contributed by atoms with Crippen molar-refractivity contribution in [3.05, 3.63) is 83.7 Å². The molecule has 0 amide bonds. The normalized spacial score (nSPS) is 21.6.